The van der Waals surface area contributed by atoms with Crippen LogP contribution in [0.5, 0.6) is 0 Å². The molecule has 17 heavy (non-hydrogen) atoms. The lowest BCUT2D eigenvalue weighted by molar-refractivity contribution is 0.245. The minimum absolute atomic E-state index is 0.321. The van der Waals surface area contributed by atoms with E-state index in [9.17, 15) is 0 Å². The highest BCUT2D eigenvalue weighted by Gasteiger charge is 2.20. The van der Waals surface area contributed by atoms with Crippen molar-refractivity contribution >= 4 is 0 Å². The van der Waals surface area contributed by atoms with Crippen LogP contribution in [0.3, 0.4) is 0 Å². The lowest BCUT2D eigenvalue weighted by Gasteiger charge is -2.28. The number of hydrogen-bond donors (Lipinski definition) is 1. The summed E-state index contributed by atoms with van der Waals surface area (Å²) in [5.41, 5.74) is 6.41. The molecule has 0 amide bonds. The third-order valence-electron chi connectivity index (χ3n) is 3.57. The molecule has 0 aromatic heterocycles. The Balaban J connectivity index is 4.20. The van der Waals surface area contributed by atoms with Gasteiger partial charge in [-0.05, 0) is 56.3 Å². The molecule has 0 radical (unpaired) electrons. The Morgan fingerprint density at radius 2 is 1.76 bits per heavy atom. The molecule has 0 heterocycles. The fourth-order valence-corrected chi connectivity index (χ4v) is 2.34. The molecule has 0 rings (SSSR count). The van der Waals surface area contributed by atoms with Crippen LogP contribution in [0.25, 0.3) is 0 Å². The van der Waals surface area contributed by atoms with E-state index in [0.29, 0.717) is 11.5 Å². The van der Waals surface area contributed by atoms with E-state index < -0.39 is 0 Å². The Morgan fingerprint density at radius 3 is 2.18 bits per heavy atom. The first-order valence-electron chi connectivity index (χ1n) is 7.12. The van der Waals surface area contributed by atoms with Gasteiger partial charge < -0.3 is 5.73 Å². The summed E-state index contributed by atoms with van der Waals surface area (Å²) in [6, 6.07) is 0.321. The second-order valence-electron chi connectivity index (χ2n) is 6.92. The molecule has 0 aliphatic rings. The Bertz CT molecular complexity index is 200. The molecular weight excluding hydrogens is 206 g/mol. The highest BCUT2D eigenvalue weighted by atomic mass is 14.6. The maximum absolute atomic E-state index is 5.96. The smallest absolute Gasteiger partial charge is 0.00132 e. The number of hydrogen-bond acceptors (Lipinski definition) is 1. The van der Waals surface area contributed by atoms with Crippen LogP contribution in [0.15, 0.2) is 12.7 Å². The first-order valence-corrected chi connectivity index (χ1v) is 7.12. The van der Waals surface area contributed by atoms with E-state index in [4.69, 9.17) is 5.73 Å². The van der Waals surface area contributed by atoms with Crippen LogP contribution in [0, 0.1) is 17.3 Å². The minimum atomic E-state index is 0.321. The Morgan fingerprint density at radius 1 is 1.18 bits per heavy atom. The predicted molar refractivity (Wildman–Crippen MR) is 79.0 cm³/mol. The summed E-state index contributed by atoms with van der Waals surface area (Å²) < 4.78 is 0. The summed E-state index contributed by atoms with van der Waals surface area (Å²) in [4.78, 5) is 0. The highest BCUT2D eigenvalue weighted by molar-refractivity contribution is 4.77. The van der Waals surface area contributed by atoms with Crippen molar-refractivity contribution in [3.05, 3.63) is 12.7 Å². The van der Waals surface area contributed by atoms with Crippen LogP contribution in [-0.2, 0) is 0 Å². The van der Waals surface area contributed by atoms with Crippen LogP contribution >= 0.6 is 0 Å². The van der Waals surface area contributed by atoms with E-state index in [1.807, 2.05) is 6.08 Å². The molecule has 3 atom stereocenters. The van der Waals surface area contributed by atoms with Crippen molar-refractivity contribution in [1.29, 1.82) is 0 Å². The van der Waals surface area contributed by atoms with Gasteiger partial charge in [-0.1, -0.05) is 33.8 Å². The van der Waals surface area contributed by atoms with Gasteiger partial charge in [0.1, 0.15) is 0 Å². The van der Waals surface area contributed by atoms with Gasteiger partial charge in [0.15, 0.2) is 0 Å². The Kier molecular flexibility index (Phi) is 7.78. The van der Waals surface area contributed by atoms with E-state index in [-0.39, 0.29) is 0 Å². The summed E-state index contributed by atoms with van der Waals surface area (Å²) in [5.74, 6) is 1.54. The van der Waals surface area contributed by atoms with Crippen molar-refractivity contribution in [2.75, 3.05) is 0 Å². The third kappa shape index (κ3) is 9.41. The Hall–Kier alpha value is -0.300. The van der Waals surface area contributed by atoms with Crippen LogP contribution in [0.1, 0.15) is 66.7 Å². The monoisotopic (exact) mass is 239 g/mol. The van der Waals surface area contributed by atoms with E-state index in [1.165, 1.54) is 19.3 Å². The molecule has 0 saturated carbocycles. The molecular formula is C16H33N. The van der Waals surface area contributed by atoms with E-state index in [0.717, 1.165) is 24.7 Å². The van der Waals surface area contributed by atoms with Crippen molar-refractivity contribution in [2.45, 2.75) is 72.8 Å². The molecule has 0 spiro atoms. The zero-order chi connectivity index (χ0) is 13.5. The van der Waals surface area contributed by atoms with E-state index in [1.54, 1.807) is 0 Å². The van der Waals surface area contributed by atoms with Crippen molar-refractivity contribution in [3.8, 4) is 0 Å². The first kappa shape index (κ1) is 16.7. The summed E-state index contributed by atoms with van der Waals surface area (Å²) >= 11 is 0. The maximum atomic E-state index is 5.96. The standard InChI is InChI=1S/C16H33N/c1-7-8-9-15(12-14(3)17)13(2)10-11-16(4,5)6/h7,13-15H,1,8-12,17H2,2-6H3/t13?,14-,15?/m0/s1. The number of nitrogens with two attached hydrogens (primary N) is 1. The van der Waals surface area contributed by atoms with Gasteiger partial charge in [0, 0.05) is 6.04 Å². The van der Waals surface area contributed by atoms with Crippen LogP contribution in [-0.4, -0.2) is 6.04 Å². The van der Waals surface area contributed by atoms with Gasteiger partial charge in [0.05, 0.1) is 0 Å². The molecule has 0 aliphatic carbocycles. The molecule has 0 fully saturated rings. The van der Waals surface area contributed by atoms with Gasteiger partial charge in [0.2, 0.25) is 0 Å². The lowest BCUT2D eigenvalue weighted by atomic mass is 9.79. The zero-order valence-corrected chi connectivity index (χ0v) is 12.6. The second kappa shape index (κ2) is 7.92. The fourth-order valence-electron chi connectivity index (χ4n) is 2.34. The molecule has 0 aliphatic heterocycles. The molecule has 102 valence electrons. The molecule has 2 N–H and O–H groups in total. The average molecular weight is 239 g/mol. The zero-order valence-electron chi connectivity index (χ0n) is 12.6. The largest absolute Gasteiger partial charge is 0.328 e. The third-order valence-corrected chi connectivity index (χ3v) is 3.57. The average Bonchev–Trinajstić information content (AvgIpc) is 2.19. The van der Waals surface area contributed by atoms with E-state index in [2.05, 4.69) is 41.2 Å². The SMILES string of the molecule is C=CCCC(C[C@H](C)N)C(C)CCC(C)(C)C. The summed E-state index contributed by atoms with van der Waals surface area (Å²) in [6.07, 6.45) is 8.17. The van der Waals surface area contributed by atoms with Gasteiger partial charge in [-0.15, -0.1) is 6.58 Å². The van der Waals surface area contributed by atoms with Crippen LogP contribution < -0.4 is 5.73 Å². The second-order valence-corrected chi connectivity index (χ2v) is 6.92. The molecule has 1 heteroatoms. The quantitative estimate of drug-likeness (QED) is 0.607. The van der Waals surface area contributed by atoms with Gasteiger partial charge in [-0.3, -0.25) is 0 Å². The van der Waals surface area contributed by atoms with Gasteiger partial charge in [0.25, 0.3) is 0 Å². The highest BCUT2D eigenvalue weighted by Crippen LogP contribution is 2.31. The number of allylic oxidation sites excluding steroid dienone is 1. The Labute approximate surface area is 109 Å². The molecule has 0 aromatic carbocycles. The normalized spacial score (nSPS) is 17.5. The fraction of sp³-hybridized carbons (Fsp3) is 0.875. The van der Waals surface area contributed by atoms with Crippen molar-refractivity contribution < 1.29 is 0 Å². The molecule has 0 saturated heterocycles. The first-order chi connectivity index (χ1) is 7.76. The molecule has 2 unspecified atom stereocenters. The van der Waals surface area contributed by atoms with Crippen LogP contribution in [0.4, 0.5) is 0 Å². The van der Waals surface area contributed by atoms with Crippen molar-refractivity contribution in [2.24, 2.45) is 23.0 Å². The topological polar surface area (TPSA) is 26.0 Å². The molecule has 0 aromatic rings. The molecule has 1 nitrogen and oxygen atoms in total. The summed E-state index contributed by atoms with van der Waals surface area (Å²) in [6.45, 7) is 15.3. The van der Waals surface area contributed by atoms with Crippen molar-refractivity contribution in [1.82, 2.24) is 0 Å². The van der Waals surface area contributed by atoms with Crippen LogP contribution in [0.2, 0.25) is 0 Å². The van der Waals surface area contributed by atoms with Gasteiger partial charge in [-0.25, -0.2) is 0 Å². The van der Waals surface area contributed by atoms with Gasteiger partial charge >= 0.3 is 0 Å². The maximum Gasteiger partial charge on any atom is 0.00132 e. The molecule has 0 bridgehead atoms. The predicted octanol–water partition coefficient (Wildman–Crippen LogP) is 4.77. The number of rotatable bonds is 8. The van der Waals surface area contributed by atoms with E-state index >= 15 is 0 Å². The summed E-state index contributed by atoms with van der Waals surface area (Å²) in [5, 5.41) is 0. The lowest BCUT2D eigenvalue weighted by Crippen LogP contribution is -2.24. The van der Waals surface area contributed by atoms with Gasteiger partial charge in [-0.2, -0.15) is 0 Å². The minimum Gasteiger partial charge on any atom is -0.328 e. The summed E-state index contributed by atoms with van der Waals surface area (Å²) in [7, 11) is 0. The van der Waals surface area contributed by atoms with Crippen molar-refractivity contribution in [3.63, 3.8) is 0 Å².